The van der Waals surface area contributed by atoms with Crippen LogP contribution in [0.3, 0.4) is 0 Å². The van der Waals surface area contributed by atoms with Crippen LogP contribution in [0, 0.1) is 0 Å². The normalized spacial score (nSPS) is 10.3. The highest BCUT2D eigenvalue weighted by Crippen LogP contribution is 2.27. The van der Waals surface area contributed by atoms with Gasteiger partial charge in [0.05, 0.1) is 14.2 Å². The Morgan fingerprint density at radius 2 is 1.55 bits per heavy atom. The van der Waals surface area contributed by atoms with Gasteiger partial charge in [0.15, 0.2) is 11.5 Å². The zero-order valence-electron chi connectivity index (χ0n) is 16.2. The van der Waals surface area contributed by atoms with Crippen LogP contribution in [0.2, 0.25) is 0 Å². The van der Waals surface area contributed by atoms with E-state index in [1.807, 2.05) is 6.07 Å². The van der Waals surface area contributed by atoms with Gasteiger partial charge in [0.2, 0.25) is 11.8 Å². The van der Waals surface area contributed by atoms with Crippen molar-refractivity contribution < 1.29 is 23.9 Å². The number of amides is 3. The summed E-state index contributed by atoms with van der Waals surface area (Å²) in [6.07, 6.45) is 2.77. The van der Waals surface area contributed by atoms with Crippen molar-refractivity contribution in [3.05, 3.63) is 60.2 Å². The molecule has 0 aliphatic heterocycles. The van der Waals surface area contributed by atoms with Gasteiger partial charge in [0, 0.05) is 24.6 Å². The molecule has 2 aromatic rings. The van der Waals surface area contributed by atoms with E-state index >= 15 is 0 Å². The fourth-order valence-corrected chi connectivity index (χ4v) is 2.34. The number of methoxy groups -OCH3 is 2. The van der Waals surface area contributed by atoms with Gasteiger partial charge in [-0.05, 0) is 35.9 Å². The number of para-hydroxylation sites is 1. The van der Waals surface area contributed by atoms with Crippen molar-refractivity contribution >= 4 is 29.5 Å². The van der Waals surface area contributed by atoms with Crippen LogP contribution in [0.5, 0.6) is 11.5 Å². The van der Waals surface area contributed by atoms with Crippen molar-refractivity contribution in [2.24, 2.45) is 0 Å². The molecule has 0 fully saturated rings. The topological polar surface area (TPSA) is 106 Å². The summed E-state index contributed by atoms with van der Waals surface area (Å²) >= 11 is 0. The molecule has 8 heteroatoms. The molecule has 152 valence electrons. The number of rotatable bonds is 8. The van der Waals surface area contributed by atoms with E-state index in [1.54, 1.807) is 48.5 Å². The molecular weight excluding hydrogens is 374 g/mol. The van der Waals surface area contributed by atoms with E-state index in [-0.39, 0.29) is 18.7 Å². The average Bonchev–Trinajstić information content (AvgIpc) is 2.75. The summed E-state index contributed by atoms with van der Waals surface area (Å²) in [5.74, 6) is -0.149. The summed E-state index contributed by atoms with van der Waals surface area (Å²) < 4.78 is 10.3. The molecular formula is C21H23N3O5. The largest absolute Gasteiger partial charge is 0.493 e. The lowest BCUT2D eigenvalue weighted by Gasteiger charge is -2.08. The summed E-state index contributed by atoms with van der Waals surface area (Å²) in [6, 6.07) is 14.1. The van der Waals surface area contributed by atoms with Crippen molar-refractivity contribution in [3.63, 3.8) is 0 Å². The van der Waals surface area contributed by atoms with Crippen LogP contribution in [0.4, 0.5) is 5.69 Å². The van der Waals surface area contributed by atoms with Gasteiger partial charge in [0.1, 0.15) is 0 Å². The van der Waals surface area contributed by atoms with Gasteiger partial charge in [-0.2, -0.15) is 0 Å². The Morgan fingerprint density at radius 3 is 2.24 bits per heavy atom. The maximum absolute atomic E-state index is 11.8. The second-order valence-corrected chi connectivity index (χ2v) is 5.90. The fraction of sp³-hybridized carbons (Fsp3) is 0.190. The summed E-state index contributed by atoms with van der Waals surface area (Å²) in [5, 5.41) is 2.68. The van der Waals surface area contributed by atoms with Gasteiger partial charge in [-0.3, -0.25) is 25.2 Å². The molecule has 0 saturated heterocycles. The Kier molecular flexibility index (Phi) is 8.25. The third-order valence-electron chi connectivity index (χ3n) is 3.80. The number of carbonyl (C=O) groups is 3. The lowest BCUT2D eigenvalue weighted by atomic mass is 10.2. The fourth-order valence-electron chi connectivity index (χ4n) is 2.34. The Labute approximate surface area is 168 Å². The minimum Gasteiger partial charge on any atom is -0.493 e. The summed E-state index contributed by atoms with van der Waals surface area (Å²) in [7, 11) is 3.06. The van der Waals surface area contributed by atoms with Crippen LogP contribution >= 0.6 is 0 Å². The van der Waals surface area contributed by atoms with Crippen LogP contribution < -0.4 is 25.6 Å². The lowest BCUT2D eigenvalue weighted by molar-refractivity contribution is -0.128. The molecule has 0 aromatic heterocycles. The second kappa shape index (κ2) is 11.1. The van der Waals surface area contributed by atoms with Crippen molar-refractivity contribution in [1.29, 1.82) is 0 Å². The molecule has 0 atom stereocenters. The van der Waals surface area contributed by atoms with Crippen molar-refractivity contribution in [3.8, 4) is 11.5 Å². The molecule has 0 spiro atoms. The van der Waals surface area contributed by atoms with Gasteiger partial charge in [-0.1, -0.05) is 24.3 Å². The first-order chi connectivity index (χ1) is 14.0. The van der Waals surface area contributed by atoms with Crippen molar-refractivity contribution in [2.75, 3.05) is 19.5 Å². The predicted octanol–water partition coefficient (Wildman–Crippen LogP) is 2.28. The van der Waals surface area contributed by atoms with Crippen LogP contribution in [-0.4, -0.2) is 31.9 Å². The smallest absolute Gasteiger partial charge is 0.262 e. The van der Waals surface area contributed by atoms with E-state index in [1.165, 1.54) is 20.3 Å². The first-order valence-corrected chi connectivity index (χ1v) is 8.85. The number of anilines is 1. The summed E-state index contributed by atoms with van der Waals surface area (Å²) in [6.45, 7) is 0. The zero-order chi connectivity index (χ0) is 21.1. The minimum atomic E-state index is -0.512. The van der Waals surface area contributed by atoms with Gasteiger partial charge < -0.3 is 14.8 Å². The zero-order valence-corrected chi connectivity index (χ0v) is 16.2. The molecule has 2 aromatic carbocycles. The molecule has 2 rings (SSSR count). The number of nitrogens with one attached hydrogen (secondary N) is 3. The van der Waals surface area contributed by atoms with E-state index in [0.29, 0.717) is 17.2 Å². The first kappa shape index (κ1) is 21.5. The van der Waals surface area contributed by atoms with E-state index in [2.05, 4.69) is 16.2 Å². The number of hydrogen-bond acceptors (Lipinski definition) is 5. The van der Waals surface area contributed by atoms with Crippen molar-refractivity contribution in [1.82, 2.24) is 10.9 Å². The van der Waals surface area contributed by atoms with Gasteiger partial charge in [0.25, 0.3) is 5.91 Å². The third kappa shape index (κ3) is 7.37. The number of carbonyl (C=O) groups excluding carboxylic acids is 3. The molecule has 0 aliphatic carbocycles. The lowest BCUT2D eigenvalue weighted by Crippen LogP contribution is -2.41. The Hall–Kier alpha value is -3.81. The molecule has 0 aliphatic rings. The first-order valence-electron chi connectivity index (χ1n) is 8.85. The second-order valence-electron chi connectivity index (χ2n) is 5.90. The van der Waals surface area contributed by atoms with Crippen LogP contribution in [0.25, 0.3) is 6.08 Å². The standard InChI is InChI=1S/C21H23N3O5/c1-28-17-10-8-15(14-18(17)29-2)9-11-20(26)23-24-21(27)13-12-19(25)22-16-6-4-3-5-7-16/h3-11,14H,12-13H2,1-2H3,(H,22,25)(H,23,26)(H,24,27). The van der Waals surface area contributed by atoms with E-state index in [0.717, 1.165) is 5.56 Å². The quantitative estimate of drug-likeness (QED) is 0.468. The number of ether oxygens (including phenoxy) is 2. The van der Waals surface area contributed by atoms with E-state index in [4.69, 9.17) is 9.47 Å². The maximum atomic E-state index is 11.8. The summed E-state index contributed by atoms with van der Waals surface area (Å²) in [5.41, 5.74) is 5.91. The molecule has 0 bridgehead atoms. The molecule has 8 nitrogen and oxygen atoms in total. The van der Waals surface area contributed by atoms with Gasteiger partial charge in [-0.15, -0.1) is 0 Å². The van der Waals surface area contributed by atoms with Gasteiger partial charge in [-0.25, -0.2) is 0 Å². The highest BCUT2D eigenvalue weighted by Gasteiger charge is 2.08. The highest BCUT2D eigenvalue weighted by molar-refractivity contribution is 5.95. The van der Waals surface area contributed by atoms with Crippen LogP contribution in [0.15, 0.2) is 54.6 Å². The molecule has 0 saturated carbocycles. The Bertz CT molecular complexity index is 881. The van der Waals surface area contributed by atoms with Crippen LogP contribution in [-0.2, 0) is 14.4 Å². The predicted molar refractivity (Wildman–Crippen MR) is 109 cm³/mol. The maximum Gasteiger partial charge on any atom is 0.262 e. The molecule has 29 heavy (non-hydrogen) atoms. The third-order valence-corrected chi connectivity index (χ3v) is 3.80. The number of benzene rings is 2. The van der Waals surface area contributed by atoms with Crippen LogP contribution in [0.1, 0.15) is 18.4 Å². The number of hydrogen-bond donors (Lipinski definition) is 3. The van der Waals surface area contributed by atoms with Crippen molar-refractivity contribution in [2.45, 2.75) is 12.8 Å². The number of hydrazine groups is 1. The molecule has 3 N–H and O–H groups in total. The molecule has 0 heterocycles. The Morgan fingerprint density at radius 1 is 0.862 bits per heavy atom. The molecule has 0 unspecified atom stereocenters. The molecule has 3 amide bonds. The highest BCUT2D eigenvalue weighted by atomic mass is 16.5. The monoisotopic (exact) mass is 397 g/mol. The summed E-state index contributed by atoms with van der Waals surface area (Å²) in [4.78, 5) is 35.4. The Balaban J connectivity index is 1.73. The molecule has 0 radical (unpaired) electrons. The minimum absolute atomic E-state index is 0.00190. The average molecular weight is 397 g/mol. The van der Waals surface area contributed by atoms with E-state index in [9.17, 15) is 14.4 Å². The van der Waals surface area contributed by atoms with Gasteiger partial charge >= 0.3 is 0 Å². The van der Waals surface area contributed by atoms with E-state index < -0.39 is 11.8 Å². The SMILES string of the molecule is COc1ccc(C=CC(=O)NNC(=O)CCC(=O)Nc2ccccc2)cc1OC.